The van der Waals surface area contributed by atoms with Crippen molar-refractivity contribution >= 4 is 29.0 Å². The zero-order valence-electron chi connectivity index (χ0n) is 19.2. The van der Waals surface area contributed by atoms with Gasteiger partial charge in [-0.2, -0.15) is 0 Å². The van der Waals surface area contributed by atoms with Gasteiger partial charge in [0.25, 0.3) is 11.8 Å². The number of carbonyl (C=O) groups excluding carboxylic acids is 3. The largest absolute Gasteiger partial charge is 0.366 e. The quantitative estimate of drug-likeness (QED) is 0.685. The molecule has 2 aliphatic heterocycles. The lowest BCUT2D eigenvalue weighted by Crippen LogP contribution is -2.43. The summed E-state index contributed by atoms with van der Waals surface area (Å²) in [5.41, 5.74) is 2.93. The molecule has 33 heavy (non-hydrogen) atoms. The minimum atomic E-state index is -0.314. The molecule has 0 radical (unpaired) electrons. The lowest BCUT2D eigenvalue weighted by molar-refractivity contribution is -0.138. The Balaban J connectivity index is 1.70. The average Bonchev–Trinajstić information content (AvgIpc) is 3.05. The second-order valence-corrected chi connectivity index (χ2v) is 8.69. The average molecular weight is 448 g/mol. The number of nitrogens with one attached hydrogen (secondary N) is 1. The molecule has 3 amide bonds. The van der Waals surface area contributed by atoms with Crippen LogP contribution in [0.25, 0.3) is 5.57 Å². The molecule has 8 heteroatoms. The van der Waals surface area contributed by atoms with Crippen LogP contribution in [0.4, 0.5) is 5.69 Å². The van der Waals surface area contributed by atoms with Gasteiger partial charge in [0.1, 0.15) is 5.70 Å². The van der Waals surface area contributed by atoms with E-state index in [2.05, 4.69) is 22.2 Å². The van der Waals surface area contributed by atoms with Crippen molar-refractivity contribution in [1.29, 1.82) is 0 Å². The molecule has 0 bridgehead atoms. The fraction of sp³-hybridized carbons (Fsp3) is 0.360. The van der Waals surface area contributed by atoms with Gasteiger partial charge in [0.2, 0.25) is 5.91 Å². The molecule has 1 aromatic carbocycles. The highest BCUT2D eigenvalue weighted by atomic mass is 16.2. The Bertz CT molecular complexity index is 1070. The molecule has 2 aliphatic rings. The third kappa shape index (κ3) is 4.80. The zero-order chi connectivity index (χ0) is 23.5. The minimum Gasteiger partial charge on any atom is -0.366 e. The van der Waals surface area contributed by atoms with Crippen molar-refractivity contribution in [2.24, 2.45) is 0 Å². The van der Waals surface area contributed by atoms with Crippen molar-refractivity contribution in [3.8, 4) is 0 Å². The smallest absolute Gasteiger partial charge is 0.278 e. The number of likely N-dealkylation sites (N-methyl/N-ethyl adjacent to an activating group) is 1. The van der Waals surface area contributed by atoms with E-state index >= 15 is 0 Å². The highest BCUT2D eigenvalue weighted by Crippen LogP contribution is 2.34. The van der Waals surface area contributed by atoms with Crippen LogP contribution < -0.4 is 5.32 Å². The van der Waals surface area contributed by atoms with E-state index in [1.807, 2.05) is 18.0 Å². The van der Waals surface area contributed by atoms with Crippen LogP contribution >= 0.6 is 0 Å². The van der Waals surface area contributed by atoms with E-state index in [0.717, 1.165) is 31.5 Å². The predicted molar refractivity (Wildman–Crippen MR) is 126 cm³/mol. The van der Waals surface area contributed by atoms with E-state index < -0.39 is 0 Å². The van der Waals surface area contributed by atoms with Gasteiger partial charge in [0, 0.05) is 38.1 Å². The molecule has 1 N–H and O–H groups in total. The van der Waals surface area contributed by atoms with Crippen LogP contribution in [0.2, 0.25) is 0 Å². The van der Waals surface area contributed by atoms with E-state index in [9.17, 15) is 14.4 Å². The van der Waals surface area contributed by atoms with Crippen LogP contribution in [0.1, 0.15) is 30.9 Å². The monoisotopic (exact) mass is 447 g/mol. The number of hydrogen-bond donors (Lipinski definition) is 1. The maximum Gasteiger partial charge on any atom is 0.278 e. The number of carbonyl (C=O) groups is 3. The molecule has 0 saturated carbocycles. The lowest BCUT2D eigenvalue weighted by atomic mass is 10.00. The normalized spacial score (nSPS) is 17.6. The molecule has 1 aromatic heterocycles. The van der Waals surface area contributed by atoms with E-state index in [-0.39, 0.29) is 30.3 Å². The van der Waals surface area contributed by atoms with Crippen LogP contribution in [0, 0.1) is 0 Å². The maximum absolute atomic E-state index is 13.6. The Morgan fingerprint density at radius 2 is 1.82 bits per heavy atom. The fourth-order valence-corrected chi connectivity index (χ4v) is 4.46. The van der Waals surface area contributed by atoms with Crippen molar-refractivity contribution in [3.05, 3.63) is 65.6 Å². The number of nitrogens with zero attached hydrogens (tertiary/aromatic N) is 4. The second-order valence-electron chi connectivity index (χ2n) is 8.69. The van der Waals surface area contributed by atoms with Crippen molar-refractivity contribution in [3.63, 3.8) is 0 Å². The Kier molecular flexibility index (Phi) is 6.55. The number of pyridine rings is 1. The van der Waals surface area contributed by atoms with Gasteiger partial charge in [0.05, 0.1) is 12.1 Å². The third-order valence-corrected chi connectivity index (χ3v) is 6.29. The molecule has 2 aromatic rings. The fourth-order valence-electron chi connectivity index (χ4n) is 4.46. The van der Waals surface area contributed by atoms with Crippen molar-refractivity contribution in [1.82, 2.24) is 19.7 Å². The number of imide groups is 1. The molecule has 172 valence electrons. The number of likely N-dealkylation sites (tertiary alicyclic amines) is 1. The van der Waals surface area contributed by atoms with Gasteiger partial charge in [-0.15, -0.1) is 0 Å². The number of aromatic nitrogens is 1. The van der Waals surface area contributed by atoms with Crippen molar-refractivity contribution in [2.75, 3.05) is 32.5 Å². The third-order valence-electron chi connectivity index (χ3n) is 6.29. The number of rotatable bonds is 6. The number of anilines is 1. The first-order chi connectivity index (χ1) is 15.8. The first-order valence-corrected chi connectivity index (χ1v) is 11.1. The van der Waals surface area contributed by atoms with Gasteiger partial charge >= 0.3 is 0 Å². The van der Waals surface area contributed by atoms with Gasteiger partial charge in [-0.05, 0) is 62.3 Å². The molecule has 3 heterocycles. The minimum absolute atomic E-state index is 0.167. The number of hydrogen-bond acceptors (Lipinski definition) is 6. The van der Waals surface area contributed by atoms with Crippen molar-refractivity contribution < 1.29 is 14.4 Å². The van der Waals surface area contributed by atoms with E-state index in [1.54, 1.807) is 42.7 Å². The Hall–Kier alpha value is -3.52. The highest BCUT2D eigenvalue weighted by Gasteiger charge is 2.42. The molecule has 0 unspecified atom stereocenters. The van der Waals surface area contributed by atoms with Gasteiger partial charge in [0.15, 0.2) is 0 Å². The molecule has 0 aliphatic carbocycles. The Labute approximate surface area is 193 Å². The molecule has 1 saturated heterocycles. The standard InChI is InChI=1S/C25H29N5O3/c1-17(31)27-20-8-6-19(7-9-20)22-23(29(3)21-10-13-28(2)14-11-21)25(33)30(24(22)32)16-18-5-4-12-26-15-18/h4-9,12,15,21H,10-11,13-14,16H2,1-3H3,(H,27,31). The summed E-state index contributed by atoms with van der Waals surface area (Å²) >= 11 is 0. The molecule has 0 atom stereocenters. The maximum atomic E-state index is 13.6. The summed E-state index contributed by atoms with van der Waals surface area (Å²) < 4.78 is 0. The van der Waals surface area contributed by atoms with Crippen LogP contribution in [0.15, 0.2) is 54.5 Å². The molecule has 8 nitrogen and oxygen atoms in total. The summed E-state index contributed by atoms with van der Waals surface area (Å²) in [4.78, 5) is 48.2. The summed E-state index contributed by atoms with van der Waals surface area (Å²) in [5, 5.41) is 2.73. The van der Waals surface area contributed by atoms with Crippen LogP contribution in [-0.2, 0) is 20.9 Å². The number of amides is 3. The first kappa shape index (κ1) is 22.7. The summed E-state index contributed by atoms with van der Waals surface area (Å²) in [6, 6.07) is 10.9. The SMILES string of the molecule is CC(=O)Nc1ccc(C2=C(N(C)C3CCN(C)CC3)C(=O)N(Cc3cccnc3)C2=O)cc1. The van der Waals surface area contributed by atoms with Crippen molar-refractivity contribution in [2.45, 2.75) is 32.4 Å². The summed E-state index contributed by atoms with van der Waals surface area (Å²) in [7, 11) is 4.01. The molecular formula is C25H29N5O3. The number of piperidine rings is 1. The van der Waals surface area contributed by atoms with Crippen LogP contribution in [0.5, 0.6) is 0 Å². The summed E-state index contributed by atoms with van der Waals surface area (Å²) in [6.45, 7) is 3.51. The predicted octanol–water partition coefficient (Wildman–Crippen LogP) is 2.35. The first-order valence-electron chi connectivity index (χ1n) is 11.1. The Morgan fingerprint density at radius 1 is 1.12 bits per heavy atom. The molecule has 4 rings (SSSR count). The number of benzene rings is 1. The van der Waals surface area contributed by atoms with Gasteiger partial charge in [-0.25, -0.2) is 0 Å². The second kappa shape index (κ2) is 9.54. The van der Waals surface area contributed by atoms with Crippen LogP contribution in [0.3, 0.4) is 0 Å². The topological polar surface area (TPSA) is 85.8 Å². The summed E-state index contributed by atoms with van der Waals surface area (Å²) in [6.07, 6.45) is 5.18. The lowest BCUT2D eigenvalue weighted by Gasteiger charge is -2.36. The highest BCUT2D eigenvalue weighted by molar-refractivity contribution is 6.35. The van der Waals surface area contributed by atoms with Crippen LogP contribution in [-0.4, -0.2) is 70.6 Å². The van der Waals surface area contributed by atoms with E-state index in [0.29, 0.717) is 22.5 Å². The van der Waals surface area contributed by atoms with Gasteiger partial charge < -0.3 is 15.1 Å². The van der Waals surface area contributed by atoms with Gasteiger partial charge in [-0.1, -0.05) is 18.2 Å². The van der Waals surface area contributed by atoms with E-state index in [4.69, 9.17) is 0 Å². The molecular weight excluding hydrogens is 418 g/mol. The summed E-state index contributed by atoms with van der Waals surface area (Å²) in [5.74, 6) is -0.767. The molecule has 1 fully saturated rings. The van der Waals surface area contributed by atoms with E-state index in [1.165, 1.54) is 11.8 Å². The molecule has 0 spiro atoms. The Morgan fingerprint density at radius 3 is 2.42 bits per heavy atom. The zero-order valence-corrected chi connectivity index (χ0v) is 19.2. The van der Waals surface area contributed by atoms with Gasteiger partial charge in [-0.3, -0.25) is 24.3 Å².